The number of hydrogen-bond acceptors (Lipinski definition) is 6. The van der Waals surface area contributed by atoms with Crippen molar-refractivity contribution in [2.24, 2.45) is 10.1 Å². The molecule has 1 aliphatic heterocycles. The molecule has 0 amide bonds. The van der Waals surface area contributed by atoms with E-state index in [4.69, 9.17) is 11.6 Å². The van der Waals surface area contributed by atoms with Crippen LogP contribution in [0.25, 0.3) is 0 Å². The fraction of sp³-hybridized carbons (Fsp3) is 0.120. The van der Waals surface area contributed by atoms with E-state index in [2.05, 4.69) is 63.7 Å². The number of halogens is 5. The summed E-state index contributed by atoms with van der Waals surface area (Å²) in [7, 11) is 0. The Balaban J connectivity index is 1.66. The third-order valence-electron chi connectivity index (χ3n) is 5.30. The Hall–Kier alpha value is -2.41. The molecule has 2 aromatic carbocycles. The molecule has 0 aliphatic carbocycles. The summed E-state index contributed by atoms with van der Waals surface area (Å²) in [6, 6.07) is 12.4. The summed E-state index contributed by atoms with van der Waals surface area (Å²) in [5.74, 6) is 0.491. The quantitative estimate of drug-likeness (QED) is 0.216. The van der Waals surface area contributed by atoms with Crippen molar-refractivity contribution in [3.63, 3.8) is 0 Å². The Labute approximate surface area is 247 Å². The fourth-order valence-electron chi connectivity index (χ4n) is 3.56. The SMILES string of the molecule is [CH2]=[Nb]=[C](Nc1c(Br)cc(Cl)cc1C=O)c1cc(CN2N=C(c3ccc(Br)cc3)N=CC2=C)nn1CC(F)F. The molecule has 4 rings (SSSR count). The van der Waals surface area contributed by atoms with Crippen molar-refractivity contribution < 1.29 is 32.4 Å². The van der Waals surface area contributed by atoms with E-state index in [1.807, 2.05) is 24.3 Å². The van der Waals surface area contributed by atoms with Crippen LogP contribution in [0.1, 0.15) is 27.3 Å². The molecular weight excluding hydrogens is 726 g/mol. The molecule has 7 nitrogen and oxygen atoms in total. The van der Waals surface area contributed by atoms with E-state index in [-0.39, 0.29) is 6.54 Å². The second-order valence-corrected chi connectivity index (χ2v) is 12.0. The van der Waals surface area contributed by atoms with E-state index in [1.54, 1.807) is 23.4 Å². The molecule has 0 atom stereocenters. The minimum atomic E-state index is -2.62. The van der Waals surface area contributed by atoms with Crippen molar-refractivity contribution in [1.82, 2.24) is 14.8 Å². The number of carbonyl (C=O) groups is 1. The molecule has 1 aliphatic rings. The number of aldehydes is 1. The van der Waals surface area contributed by atoms with Crippen molar-refractivity contribution in [2.75, 3.05) is 5.32 Å². The van der Waals surface area contributed by atoms with Crippen LogP contribution in [0.3, 0.4) is 0 Å². The number of hydrazone groups is 1. The molecule has 1 N–H and O–H groups in total. The van der Waals surface area contributed by atoms with Gasteiger partial charge in [-0.2, -0.15) is 0 Å². The van der Waals surface area contributed by atoms with Crippen LogP contribution in [0, 0.1) is 0 Å². The van der Waals surface area contributed by atoms with Crippen LogP contribution >= 0.6 is 43.5 Å². The van der Waals surface area contributed by atoms with Gasteiger partial charge >= 0.3 is 233 Å². The van der Waals surface area contributed by atoms with E-state index >= 15 is 0 Å². The van der Waals surface area contributed by atoms with E-state index in [0.717, 1.165) is 10.0 Å². The number of carbonyl (C=O) groups excluding carboxylic acids is 1. The van der Waals surface area contributed by atoms with Gasteiger partial charge in [-0.3, -0.25) is 0 Å². The van der Waals surface area contributed by atoms with Crippen molar-refractivity contribution >= 4 is 76.1 Å². The van der Waals surface area contributed by atoms with Crippen LogP contribution in [0.5, 0.6) is 0 Å². The second-order valence-electron chi connectivity index (χ2n) is 7.93. The number of amidine groups is 1. The first-order chi connectivity index (χ1) is 18.2. The third kappa shape index (κ3) is 6.77. The predicted octanol–water partition coefficient (Wildman–Crippen LogP) is 6.01. The van der Waals surface area contributed by atoms with Gasteiger partial charge in [-0.05, 0) is 0 Å². The zero-order chi connectivity index (χ0) is 27.4. The zero-order valence-electron chi connectivity index (χ0n) is 19.6. The first kappa shape index (κ1) is 28.6. The summed E-state index contributed by atoms with van der Waals surface area (Å²) in [4.78, 5) is 16.0. The first-order valence-electron chi connectivity index (χ1n) is 10.9. The number of hydrogen-bond donors (Lipinski definition) is 1. The number of benzene rings is 2. The number of alkyl halides is 2. The Morgan fingerprint density at radius 1 is 1.21 bits per heavy atom. The average molecular weight is 746 g/mol. The number of nitrogens with zero attached hydrogens (tertiary/aromatic N) is 5. The molecule has 13 heteroatoms. The molecule has 0 unspecified atom stereocenters. The van der Waals surface area contributed by atoms with E-state index < -0.39 is 31.8 Å². The third-order valence-corrected chi connectivity index (χ3v) is 8.28. The van der Waals surface area contributed by atoms with Crippen LogP contribution in [0.4, 0.5) is 14.5 Å². The van der Waals surface area contributed by atoms with Crippen LogP contribution in [-0.4, -0.2) is 48.1 Å². The van der Waals surface area contributed by atoms with Crippen molar-refractivity contribution in [3.05, 3.63) is 91.2 Å². The van der Waals surface area contributed by atoms with Gasteiger partial charge in [-0.1, -0.05) is 15.9 Å². The number of aliphatic imine (C=N–C) groups is 1. The van der Waals surface area contributed by atoms with Gasteiger partial charge in [-0.15, -0.1) is 0 Å². The van der Waals surface area contributed by atoms with Gasteiger partial charge in [-0.25, -0.2) is 0 Å². The normalized spacial score (nSPS) is 12.9. The molecule has 2 heterocycles. The summed E-state index contributed by atoms with van der Waals surface area (Å²) in [5, 5.41) is 14.3. The Morgan fingerprint density at radius 2 is 1.95 bits per heavy atom. The summed E-state index contributed by atoms with van der Waals surface area (Å²) in [6.07, 6.45) is -0.347. The van der Waals surface area contributed by atoms with Gasteiger partial charge in [0.05, 0.1) is 0 Å². The summed E-state index contributed by atoms with van der Waals surface area (Å²) >= 11 is 11.6. The number of anilines is 1. The van der Waals surface area contributed by atoms with Crippen LogP contribution in [-0.2, 0) is 31.9 Å². The molecule has 1 aromatic heterocycles. The maximum absolute atomic E-state index is 13.5. The summed E-state index contributed by atoms with van der Waals surface area (Å²) in [5.41, 5.74) is 3.13. The second kappa shape index (κ2) is 12.6. The Morgan fingerprint density at radius 3 is 2.61 bits per heavy atom. The fourth-order valence-corrected chi connectivity index (χ4v) is 6.06. The topological polar surface area (TPSA) is 74.9 Å². The Bertz CT molecular complexity index is 1520. The van der Waals surface area contributed by atoms with E-state index in [9.17, 15) is 13.6 Å². The molecule has 3 aromatic rings. The molecule has 195 valence electrons. The molecule has 0 spiro atoms. The van der Waals surface area contributed by atoms with Gasteiger partial charge in [0.25, 0.3) is 0 Å². The zero-order valence-corrected chi connectivity index (χ0v) is 25.7. The van der Waals surface area contributed by atoms with Gasteiger partial charge in [0.15, 0.2) is 0 Å². The van der Waals surface area contributed by atoms with Gasteiger partial charge in [0.2, 0.25) is 0 Å². The maximum atomic E-state index is 13.5. The first-order valence-corrected chi connectivity index (χ1v) is 15.6. The van der Waals surface area contributed by atoms with Crippen LogP contribution in [0.15, 0.2) is 73.8 Å². The number of aromatic nitrogens is 2. The van der Waals surface area contributed by atoms with E-state index in [0.29, 0.717) is 53.8 Å². The molecule has 0 saturated carbocycles. The average Bonchev–Trinajstić information content (AvgIpc) is 3.26. The molecule has 0 saturated heterocycles. The molecular formula is C25H19Br2ClF2N6NbO. The minimum absolute atomic E-state index is 0.186. The standard InChI is InChI=1S/C24H17Br2ClF2N6O.CH2.Nb/c1-14-9-31-24(15-2-4-17(25)5-3-15)33-34(14)11-19-8-20(35(32-19)12-22(28)29)10-30-23-16(13-36)6-18(27)7-21(23)26;;/h2-9,13,22,30H,1,11-12H2;1H2;. The van der Waals surface area contributed by atoms with Crippen LogP contribution in [0.2, 0.25) is 5.02 Å². The van der Waals surface area contributed by atoms with E-state index in [1.165, 1.54) is 10.7 Å². The molecule has 0 radical (unpaired) electrons. The predicted molar refractivity (Wildman–Crippen MR) is 151 cm³/mol. The summed E-state index contributed by atoms with van der Waals surface area (Å²) < 4.78 is 34.5. The van der Waals surface area contributed by atoms with Crippen molar-refractivity contribution in [2.45, 2.75) is 19.5 Å². The monoisotopic (exact) mass is 743 g/mol. The van der Waals surface area contributed by atoms with Crippen LogP contribution < -0.4 is 5.32 Å². The van der Waals surface area contributed by atoms with Crippen molar-refractivity contribution in [3.8, 4) is 0 Å². The van der Waals surface area contributed by atoms with Gasteiger partial charge < -0.3 is 0 Å². The number of nitrogens with one attached hydrogen (secondary N) is 1. The number of allylic oxidation sites excluding steroid dienone is 1. The van der Waals surface area contributed by atoms with Crippen molar-refractivity contribution in [1.29, 1.82) is 0 Å². The van der Waals surface area contributed by atoms with Gasteiger partial charge in [0, 0.05) is 0 Å². The molecule has 0 fully saturated rings. The molecule has 0 bridgehead atoms. The Kier molecular flexibility index (Phi) is 9.50. The number of rotatable bonds is 9. The molecule has 38 heavy (non-hydrogen) atoms. The summed E-state index contributed by atoms with van der Waals surface area (Å²) in [6.45, 7) is 3.58. The van der Waals surface area contributed by atoms with Gasteiger partial charge in [0.1, 0.15) is 0 Å².